The van der Waals surface area contributed by atoms with E-state index in [0.29, 0.717) is 0 Å². The van der Waals surface area contributed by atoms with Gasteiger partial charge in [-0.2, -0.15) is 0 Å². The Morgan fingerprint density at radius 2 is 2.25 bits per heavy atom. The highest BCUT2D eigenvalue weighted by molar-refractivity contribution is 5.28. The lowest BCUT2D eigenvalue weighted by molar-refractivity contribution is 0.197. The summed E-state index contributed by atoms with van der Waals surface area (Å²) >= 11 is 0. The summed E-state index contributed by atoms with van der Waals surface area (Å²) in [5.74, 6) is 0.932. The third kappa shape index (κ3) is 2.16. The van der Waals surface area contributed by atoms with Gasteiger partial charge in [-0.3, -0.25) is 0 Å². The smallest absolute Gasteiger partial charge is 0.142 e. The van der Waals surface area contributed by atoms with Gasteiger partial charge in [-0.05, 0) is 19.9 Å². The molecule has 1 aliphatic rings. The molecule has 12 heavy (non-hydrogen) atoms. The van der Waals surface area contributed by atoms with Crippen molar-refractivity contribution in [1.29, 1.82) is 0 Å². The second-order valence-corrected chi connectivity index (χ2v) is 2.53. The summed E-state index contributed by atoms with van der Waals surface area (Å²) in [6, 6.07) is 0. The van der Waals surface area contributed by atoms with Crippen LogP contribution in [-0.2, 0) is 4.74 Å². The van der Waals surface area contributed by atoms with E-state index in [4.69, 9.17) is 4.74 Å². The number of hydrogen-bond acceptors (Lipinski definition) is 2. The molecular weight excluding hydrogens is 150 g/mol. The second-order valence-electron chi connectivity index (χ2n) is 2.53. The highest BCUT2D eigenvalue weighted by atomic mass is 16.5. The maximum atomic E-state index is 5.46. The number of rotatable bonds is 1. The zero-order valence-electron chi connectivity index (χ0n) is 7.63. The minimum atomic E-state index is 0.751. The average Bonchev–Trinajstić information content (AvgIpc) is 2.15. The van der Waals surface area contributed by atoms with Crippen molar-refractivity contribution < 1.29 is 4.74 Å². The number of hydrogen-bond donors (Lipinski definition) is 1. The van der Waals surface area contributed by atoms with Crippen molar-refractivity contribution in [3.63, 3.8) is 0 Å². The van der Waals surface area contributed by atoms with E-state index in [1.807, 2.05) is 38.2 Å². The predicted octanol–water partition coefficient (Wildman–Crippen LogP) is 1.97. The van der Waals surface area contributed by atoms with Crippen molar-refractivity contribution in [2.75, 3.05) is 13.2 Å². The van der Waals surface area contributed by atoms with Gasteiger partial charge in [0.2, 0.25) is 0 Å². The highest BCUT2D eigenvalue weighted by Crippen LogP contribution is 2.12. The van der Waals surface area contributed by atoms with Crippen LogP contribution >= 0.6 is 0 Å². The Balaban J connectivity index is 2.71. The van der Waals surface area contributed by atoms with Crippen molar-refractivity contribution in [2.45, 2.75) is 13.8 Å². The Bertz CT molecular complexity index is 226. The normalized spacial score (nSPS) is 24.5. The third-order valence-corrected chi connectivity index (χ3v) is 1.67. The minimum absolute atomic E-state index is 0.751. The summed E-state index contributed by atoms with van der Waals surface area (Å²) in [6.45, 7) is 5.64. The van der Waals surface area contributed by atoms with Gasteiger partial charge in [-0.15, -0.1) is 0 Å². The van der Waals surface area contributed by atoms with Gasteiger partial charge in [-0.25, -0.2) is 0 Å². The molecule has 2 nitrogen and oxygen atoms in total. The number of ether oxygens (including phenoxy) is 1. The fourth-order valence-electron chi connectivity index (χ4n) is 1.08. The van der Waals surface area contributed by atoms with Crippen LogP contribution in [0.2, 0.25) is 0 Å². The quantitative estimate of drug-likeness (QED) is 0.641. The van der Waals surface area contributed by atoms with Crippen LogP contribution in [0.5, 0.6) is 0 Å². The Labute approximate surface area is 73.6 Å². The standard InChI is InChI=1S/C10H15NO/c1-3-5-6-10-9(4-2)11-7-8-12-10/h3-6,11H,7-8H2,1-2H3/b5-3-,9-4-,10-6+. The molecule has 1 rings (SSSR count). The molecule has 1 saturated heterocycles. The van der Waals surface area contributed by atoms with Crippen LogP contribution in [-0.4, -0.2) is 13.2 Å². The summed E-state index contributed by atoms with van der Waals surface area (Å²) in [4.78, 5) is 0. The number of nitrogens with one attached hydrogen (secondary N) is 1. The molecule has 1 fully saturated rings. The highest BCUT2D eigenvalue weighted by Gasteiger charge is 2.08. The molecular formula is C10H15NO. The summed E-state index contributed by atoms with van der Waals surface area (Å²) in [5, 5.41) is 3.26. The van der Waals surface area contributed by atoms with E-state index >= 15 is 0 Å². The van der Waals surface area contributed by atoms with Crippen molar-refractivity contribution >= 4 is 0 Å². The van der Waals surface area contributed by atoms with Gasteiger partial charge in [0.05, 0.1) is 5.70 Å². The van der Waals surface area contributed by atoms with Crippen LogP contribution in [0.25, 0.3) is 0 Å². The van der Waals surface area contributed by atoms with E-state index in [0.717, 1.165) is 24.6 Å². The molecule has 0 bridgehead atoms. The molecule has 1 heterocycles. The van der Waals surface area contributed by atoms with Crippen LogP contribution in [0, 0.1) is 0 Å². The largest absolute Gasteiger partial charge is 0.490 e. The molecule has 0 aromatic carbocycles. The molecule has 1 aliphatic heterocycles. The predicted molar refractivity (Wildman–Crippen MR) is 50.6 cm³/mol. The second kappa shape index (κ2) is 4.65. The van der Waals surface area contributed by atoms with E-state index in [1.54, 1.807) is 0 Å². The lowest BCUT2D eigenvalue weighted by atomic mass is 10.2. The summed E-state index contributed by atoms with van der Waals surface area (Å²) in [5.41, 5.74) is 1.08. The number of morpholine rings is 1. The average molecular weight is 165 g/mol. The van der Waals surface area contributed by atoms with E-state index in [9.17, 15) is 0 Å². The van der Waals surface area contributed by atoms with Crippen LogP contribution in [0.15, 0.2) is 35.8 Å². The van der Waals surface area contributed by atoms with Gasteiger partial charge in [0.15, 0.2) is 0 Å². The van der Waals surface area contributed by atoms with Gasteiger partial charge in [0, 0.05) is 6.54 Å². The molecule has 0 aromatic heterocycles. The van der Waals surface area contributed by atoms with Gasteiger partial charge in [0.1, 0.15) is 12.4 Å². The Kier molecular flexibility index (Phi) is 3.45. The van der Waals surface area contributed by atoms with Gasteiger partial charge >= 0.3 is 0 Å². The maximum Gasteiger partial charge on any atom is 0.142 e. The fraction of sp³-hybridized carbons (Fsp3) is 0.400. The first-order valence-electron chi connectivity index (χ1n) is 4.25. The number of allylic oxidation sites excluding steroid dienone is 4. The van der Waals surface area contributed by atoms with Crippen molar-refractivity contribution in [3.8, 4) is 0 Å². The van der Waals surface area contributed by atoms with Crippen LogP contribution in [0.1, 0.15) is 13.8 Å². The van der Waals surface area contributed by atoms with Gasteiger partial charge in [0.25, 0.3) is 0 Å². The zero-order valence-corrected chi connectivity index (χ0v) is 7.63. The molecule has 1 N–H and O–H groups in total. The Morgan fingerprint density at radius 3 is 2.92 bits per heavy atom. The molecule has 0 aliphatic carbocycles. The van der Waals surface area contributed by atoms with E-state index < -0.39 is 0 Å². The van der Waals surface area contributed by atoms with Crippen molar-refractivity contribution in [1.82, 2.24) is 5.32 Å². The van der Waals surface area contributed by atoms with Crippen molar-refractivity contribution in [2.24, 2.45) is 0 Å². The molecule has 0 aromatic rings. The summed E-state index contributed by atoms with van der Waals surface area (Å²) in [7, 11) is 0. The van der Waals surface area contributed by atoms with Crippen LogP contribution in [0.3, 0.4) is 0 Å². The molecule has 0 unspecified atom stereocenters. The first kappa shape index (κ1) is 8.91. The van der Waals surface area contributed by atoms with E-state index in [-0.39, 0.29) is 0 Å². The molecule has 0 atom stereocenters. The lowest BCUT2D eigenvalue weighted by Crippen LogP contribution is -2.27. The first-order valence-corrected chi connectivity index (χ1v) is 4.25. The van der Waals surface area contributed by atoms with Gasteiger partial charge < -0.3 is 10.1 Å². The minimum Gasteiger partial charge on any atom is -0.490 e. The SMILES string of the molecule is C\C=C/C=C1/OCCN/C1=C\C. The summed E-state index contributed by atoms with van der Waals surface area (Å²) < 4.78 is 5.46. The van der Waals surface area contributed by atoms with Gasteiger partial charge in [-0.1, -0.05) is 18.2 Å². The Morgan fingerprint density at radius 1 is 1.42 bits per heavy atom. The first-order chi connectivity index (χ1) is 5.88. The van der Waals surface area contributed by atoms with Crippen molar-refractivity contribution in [3.05, 3.63) is 35.8 Å². The van der Waals surface area contributed by atoms with E-state index in [1.165, 1.54) is 0 Å². The van der Waals surface area contributed by atoms with E-state index in [2.05, 4.69) is 5.32 Å². The zero-order chi connectivity index (χ0) is 8.81. The molecule has 0 saturated carbocycles. The lowest BCUT2D eigenvalue weighted by Gasteiger charge is -2.20. The third-order valence-electron chi connectivity index (χ3n) is 1.67. The fourth-order valence-corrected chi connectivity index (χ4v) is 1.08. The maximum absolute atomic E-state index is 5.46. The molecule has 0 spiro atoms. The monoisotopic (exact) mass is 165 g/mol. The topological polar surface area (TPSA) is 21.3 Å². The van der Waals surface area contributed by atoms with Crippen LogP contribution < -0.4 is 5.32 Å². The molecule has 0 radical (unpaired) electrons. The van der Waals surface area contributed by atoms with Crippen LogP contribution in [0.4, 0.5) is 0 Å². The molecule has 2 heteroatoms. The Hall–Kier alpha value is -1.18. The molecule has 0 amide bonds. The molecule has 66 valence electrons. The summed E-state index contributed by atoms with van der Waals surface area (Å²) in [6.07, 6.45) is 7.96.